The van der Waals surface area contributed by atoms with E-state index in [1.165, 1.54) is 4.31 Å². The van der Waals surface area contributed by atoms with Crippen LogP contribution in [-0.4, -0.2) is 45.9 Å². The molecule has 1 N–H and O–H groups in total. The predicted octanol–water partition coefficient (Wildman–Crippen LogP) is 4.41. The third-order valence-corrected chi connectivity index (χ3v) is 8.50. The van der Waals surface area contributed by atoms with Crippen LogP contribution < -0.4 is 14.8 Å². The van der Waals surface area contributed by atoms with Gasteiger partial charge in [0, 0.05) is 19.0 Å². The molecule has 1 aliphatic heterocycles. The number of carbonyl (C=O) groups excluding carboxylic acids is 1. The number of piperidine rings is 1. The highest BCUT2D eigenvalue weighted by Gasteiger charge is 2.32. The van der Waals surface area contributed by atoms with Gasteiger partial charge in [0.25, 0.3) is 0 Å². The van der Waals surface area contributed by atoms with Crippen LogP contribution in [0.2, 0.25) is 0 Å². The van der Waals surface area contributed by atoms with Gasteiger partial charge in [0.2, 0.25) is 15.9 Å². The topological polar surface area (TPSA) is 84.9 Å². The van der Waals surface area contributed by atoms with Crippen molar-refractivity contribution in [2.45, 2.75) is 57.4 Å². The molecule has 7 nitrogen and oxygen atoms in total. The van der Waals surface area contributed by atoms with Crippen LogP contribution in [0.25, 0.3) is 0 Å². The van der Waals surface area contributed by atoms with E-state index in [2.05, 4.69) is 25.2 Å². The van der Waals surface area contributed by atoms with Crippen molar-refractivity contribution >= 4 is 15.9 Å². The van der Waals surface area contributed by atoms with Gasteiger partial charge in [0.05, 0.1) is 25.2 Å². The van der Waals surface area contributed by atoms with E-state index in [1.807, 2.05) is 19.9 Å². The van der Waals surface area contributed by atoms with E-state index >= 15 is 0 Å². The molecule has 1 aliphatic rings. The molecule has 0 bridgehead atoms. The summed E-state index contributed by atoms with van der Waals surface area (Å²) >= 11 is 0. The molecule has 2 aromatic rings. The second-order valence-electron chi connectivity index (χ2n) is 9.19. The summed E-state index contributed by atoms with van der Waals surface area (Å²) in [7, 11) is -0.379. The van der Waals surface area contributed by atoms with Crippen molar-refractivity contribution in [3.05, 3.63) is 53.1 Å². The maximum atomic E-state index is 13.0. The number of amides is 1. The molecule has 0 spiro atoms. The Labute approximate surface area is 203 Å². The molecule has 1 heterocycles. The minimum absolute atomic E-state index is 0.0321. The lowest BCUT2D eigenvalue weighted by Crippen LogP contribution is -2.43. The zero-order chi connectivity index (χ0) is 25.0. The van der Waals surface area contributed by atoms with Crippen LogP contribution >= 0.6 is 0 Å². The molecule has 2 aromatic carbocycles. The van der Waals surface area contributed by atoms with Crippen LogP contribution in [-0.2, 0) is 14.8 Å². The molecule has 0 saturated carbocycles. The zero-order valence-electron chi connectivity index (χ0n) is 20.9. The van der Waals surface area contributed by atoms with Crippen molar-refractivity contribution in [1.29, 1.82) is 0 Å². The Morgan fingerprint density at radius 3 is 2.15 bits per heavy atom. The van der Waals surface area contributed by atoms with Gasteiger partial charge in [0.1, 0.15) is 11.5 Å². The SMILES string of the molecule is COc1ccc(S(=O)(=O)N2CCC(C(=O)N[C@H](C)c3cc(C(C)C)c(OC)cc3C)CC2)cc1. The maximum absolute atomic E-state index is 13.0. The maximum Gasteiger partial charge on any atom is 0.243 e. The first-order valence-corrected chi connectivity index (χ1v) is 13.2. The summed E-state index contributed by atoms with van der Waals surface area (Å²) in [4.78, 5) is 13.3. The summed E-state index contributed by atoms with van der Waals surface area (Å²) in [6, 6.07) is 10.4. The predicted molar refractivity (Wildman–Crippen MR) is 133 cm³/mol. The Morgan fingerprint density at radius 1 is 1.00 bits per heavy atom. The number of methoxy groups -OCH3 is 2. The Morgan fingerprint density at radius 2 is 1.62 bits per heavy atom. The van der Waals surface area contributed by atoms with Gasteiger partial charge in [-0.3, -0.25) is 4.79 Å². The van der Waals surface area contributed by atoms with Gasteiger partial charge in [-0.15, -0.1) is 0 Å². The Hall–Kier alpha value is -2.58. The van der Waals surface area contributed by atoms with E-state index in [0.717, 1.165) is 22.4 Å². The number of hydrogen-bond donors (Lipinski definition) is 1. The third-order valence-electron chi connectivity index (χ3n) is 6.59. The molecule has 0 aliphatic carbocycles. The van der Waals surface area contributed by atoms with Crippen molar-refractivity contribution in [2.24, 2.45) is 5.92 Å². The summed E-state index contributed by atoms with van der Waals surface area (Å²) in [5, 5.41) is 3.15. The van der Waals surface area contributed by atoms with Crippen molar-refractivity contribution in [2.75, 3.05) is 27.3 Å². The fraction of sp³-hybridized carbons (Fsp3) is 0.500. The largest absolute Gasteiger partial charge is 0.497 e. The molecule has 0 unspecified atom stereocenters. The smallest absolute Gasteiger partial charge is 0.243 e. The summed E-state index contributed by atoms with van der Waals surface area (Å²) < 4.78 is 38.1. The average Bonchev–Trinajstić information content (AvgIpc) is 2.83. The molecule has 1 amide bonds. The first-order chi connectivity index (χ1) is 16.1. The zero-order valence-corrected chi connectivity index (χ0v) is 21.7. The fourth-order valence-electron chi connectivity index (χ4n) is 4.47. The minimum atomic E-state index is -3.59. The molecule has 186 valence electrons. The second kappa shape index (κ2) is 10.8. The van der Waals surface area contributed by atoms with E-state index in [1.54, 1.807) is 38.5 Å². The first-order valence-electron chi connectivity index (χ1n) is 11.7. The highest BCUT2D eigenvalue weighted by molar-refractivity contribution is 7.89. The molecule has 0 aromatic heterocycles. The van der Waals surface area contributed by atoms with Gasteiger partial charge in [-0.25, -0.2) is 8.42 Å². The van der Waals surface area contributed by atoms with Gasteiger partial charge >= 0.3 is 0 Å². The van der Waals surface area contributed by atoms with Gasteiger partial charge < -0.3 is 14.8 Å². The molecular weight excluding hydrogens is 452 g/mol. The number of benzene rings is 2. The quantitative estimate of drug-likeness (QED) is 0.595. The number of rotatable bonds is 8. The van der Waals surface area contributed by atoms with Crippen molar-refractivity contribution in [3.63, 3.8) is 0 Å². The number of carbonyl (C=O) groups is 1. The number of nitrogens with zero attached hydrogens (tertiary/aromatic N) is 1. The van der Waals surface area contributed by atoms with Gasteiger partial charge in [-0.1, -0.05) is 13.8 Å². The van der Waals surface area contributed by atoms with E-state index in [-0.39, 0.29) is 22.8 Å². The van der Waals surface area contributed by atoms with Gasteiger partial charge in [-0.05, 0) is 85.7 Å². The summed E-state index contributed by atoms with van der Waals surface area (Å²) in [6.07, 6.45) is 0.986. The number of sulfonamides is 1. The van der Waals surface area contributed by atoms with E-state index in [0.29, 0.717) is 37.6 Å². The number of hydrogen-bond acceptors (Lipinski definition) is 5. The monoisotopic (exact) mass is 488 g/mol. The Bertz CT molecular complexity index is 1100. The molecule has 1 atom stereocenters. The number of ether oxygens (including phenoxy) is 2. The van der Waals surface area contributed by atoms with Crippen LogP contribution in [0.3, 0.4) is 0 Å². The van der Waals surface area contributed by atoms with Gasteiger partial charge in [-0.2, -0.15) is 4.31 Å². The van der Waals surface area contributed by atoms with Gasteiger partial charge in [0.15, 0.2) is 0 Å². The number of nitrogens with one attached hydrogen (secondary N) is 1. The lowest BCUT2D eigenvalue weighted by atomic mass is 9.92. The standard InChI is InChI=1S/C26H36N2O5S/c1-17(2)23-16-24(18(3)15-25(23)33-6)19(4)27-26(29)20-11-13-28(14-12-20)34(30,31)22-9-7-21(32-5)8-10-22/h7-10,15-17,19-20H,11-14H2,1-6H3,(H,27,29)/t19-/m1/s1. The molecular formula is C26H36N2O5S. The second-order valence-corrected chi connectivity index (χ2v) is 11.1. The van der Waals surface area contributed by atoms with Crippen LogP contribution in [0, 0.1) is 12.8 Å². The van der Waals surface area contributed by atoms with Crippen LogP contribution in [0.5, 0.6) is 11.5 Å². The van der Waals surface area contributed by atoms with Crippen LogP contribution in [0.15, 0.2) is 41.3 Å². The number of aryl methyl sites for hydroxylation is 1. The highest BCUT2D eigenvalue weighted by atomic mass is 32.2. The summed E-state index contributed by atoms with van der Waals surface area (Å²) in [5.74, 6) is 1.52. The van der Waals surface area contributed by atoms with Crippen molar-refractivity contribution in [3.8, 4) is 11.5 Å². The Balaban J connectivity index is 1.64. The van der Waals surface area contributed by atoms with E-state index < -0.39 is 10.0 Å². The summed E-state index contributed by atoms with van der Waals surface area (Å²) in [5.41, 5.74) is 3.24. The van der Waals surface area contributed by atoms with Crippen LogP contribution in [0.1, 0.15) is 62.3 Å². The van der Waals surface area contributed by atoms with Crippen molar-refractivity contribution in [1.82, 2.24) is 9.62 Å². The minimum Gasteiger partial charge on any atom is -0.497 e. The van der Waals surface area contributed by atoms with Crippen LogP contribution in [0.4, 0.5) is 0 Å². The average molecular weight is 489 g/mol. The molecule has 8 heteroatoms. The molecule has 0 radical (unpaired) electrons. The lowest BCUT2D eigenvalue weighted by molar-refractivity contribution is -0.126. The normalized spacial score (nSPS) is 16.3. The lowest BCUT2D eigenvalue weighted by Gasteiger charge is -2.31. The molecule has 1 fully saturated rings. The highest BCUT2D eigenvalue weighted by Crippen LogP contribution is 2.32. The fourth-order valence-corrected chi connectivity index (χ4v) is 5.94. The molecule has 1 saturated heterocycles. The van der Waals surface area contributed by atoms with Crippen molar-refractivity contribution < 1.29 is 22.7 Å². The third kappa shape index (κ3) is 5.55. The van der Waals surface area contributed by atoms with E-state index in [4.69, 9.17) is 9.47 Å². The summed E-state index contributed by atoms with van der Waals surface area (Å²) in [6.45, 7) is 8.88. The Kier molecular flexibility index (Phi) is 8.25. The van der Waals surface area contributed by atoms with E-state index in [9.17, 15) is 13.2 Å². The molecule has 3 rings (SSSR count). The first kappa shape index (κ1) is 26.0. The molecule has 34 heavy (non-hydrogen) atoms.